The van der Waals surface area contributed by atoms with Crippen LogP contribution in [0.4, 0.5) is 5.69 Å². The summed E-state index contributed by atoms with van der Waals surface area (Å²) < 4.78 is 4.40. The first kappa shape index (κ1) is 28.4. The second kappa shape index (κ2) is 10.6. The van der Waals surface area contributed by atoms with Crippen LogP contribution in [0.1, 0.15) is 5.56 Å². The normalized spacial score (nSPS) is 11.8. The van der Waals surface area contributed by atoms with Crippen LogP contribution in [-0.2, 0) is 0 Å². The Balaban J connectivity index is 1.34. The maximum atomic E-state index is 11.3. The summed E-state index contributed by atoms with van der Waals surface area (Å²) in [5.41, 5.74) is 6.17. The van der Waals surface area contributed by atoms with Crippen LogP contribution in [-0.4, -0.2) is 9.13 Å². The van der Waals surface area contributed by atoms with Crippen molar-refractivity contribution in [1.82, 2.24) is 9.13 Å². The minimum atomic E-state index is 0.428. The minimum absolute atomic E-state index is 0.428. The van der Waals surface area contributed by atoms with E-state index >= 15 is 0 Å². The van der Waals surface area contributed by atoms with Crippen molar-refractivity contribution in [3.63, 3.8) is 0 Å². The van der Waals surface area contributed by atoms with Crippen LogP contribution in [0.25, 0.3) is 103 Å². The molecule has 0 amide bonds. The predicted molar refractivity (Wildman–Crippen MR) is 216 cm³/mol. The van der Waals surface area contributed by atoms with Gasteiger partial charge in [0.25, 0.3) is 0 Å². The van der Waals surface area contributed by atoms with Gasteiger partial charge in [-0.2, -0.15) is 5.26 Å². The molecule has 0 aliphatic rings. The molecule has 0 aliphatic heterocycles. The molecule has 0 radical (unpaired) electrons. The van der Waals surface area contributed by atoms with Gasteiger partial charge in [0, 0.05) is 21.5 Å². The molecular weight excluding hydrogens is 633 g/mol. The van der Waals surface area contributed by atoms with E-state index < -0.39 is 0 Å². The van der Waals surface area contributed by atoms with Gasteiger partial charge in [0.15, 0.2) is 0 Å². The summed E-state index contributed by atoms with van der Waals surface area (Å²) in [5.74, 6) is 0. The topological polar surface area (TPSA) is 38.0 Å². The predicted octanol–water partition coefficient (Wildman–Crippen LogP) is 12.9. The molecule has 0 fully saturated rings. The zero-order valence-corrected chi connectivity index (χ0v) is 27.8. The van der Waals surface area contributed by atoms with Gasteiger partial charge in [0.2, 0.25) is 5.69 Å². The van der Waals surface area contributed by atoms with Crippen molar-refractivity contribution in [2.24, 2.45) is 0 Å². The van der Waals surface area contributed by atoms with Gasteiger partial charge in [0.05, 0.1) is 45.6 Å². The van der Waals surface area contributed by atoms with Gasteiger partial charge in [-0.1, -0.05) is 127 Å². The van der Waals surface area contributed by atoms with Crippen LogP contribution in [0.2, 0.25) is 0 Å². The first-order valence-electron chi connectivity index (χ1n) is 17.4. The second-order valence-corrected chi connectivity index (χ2v) is 13.4. The van der Waals surface area contributed by atoms with Crippen LogP contribution in [0.15, 0.2) is 158 Å². The van der Waals surface area contributed by atoms with Crippen LogP contribution in [0, 0.1) is 17.9 Å². The minimum Gasteiger partial charge on any atom is -0.318 e. The first-order chi connectivity index (χ1) is 25.7. The van der Waals surface area contributed by atoms with Gasteiger partial charge in [-0.15, -0.1) is 0 Å². The highest BCUT2D eigenvalue weighted by atomic mass is 15.0. The van der Waals surface area contributed by atoms with Gasteiger partial charge in [0.1, 0.15) is 6.07 Å². The molecule has 2 aromatic heterocycles. The number of hydrogen-bond donors (Lipinski definition) is 0. The van der Waals surface area contributed by atoms with Crippen molar-refractivity contribution in [3.8, 4) is 17.4 Å². The summed E-state index contributed by atoms with van der Waals surface area (Å²) in [6.45, 7) is 8.42. The van der Waals surface area contributed by atoms with Gasteiger partial charge in [-0.05, 0) is 73.4 Å². The molecule has 4 heteroatoms. The van der Waals surface area contributed by atoms with Crippen molar-refractivity contribution in [2.45, 2.75) is 0 Å². The molecule has 52 heavy (non-hydrogen) atoms. The smallest absolute Gasteiger partial charge is 0.212 e. The summed E-state index contributed by atoms with van der Waals surface area (Å²) in [4.78, 5) is 4.07. The van der Waals surface area contributed by atoms with E-state index in [1.54, 1.807) is 0 Å². The van der Waals surface area contributed by atoms with Crippen LogP contribution < -0.4 is 0 Å². The van der Waals surface area contributed by atoms with Crippen LogP contribution >= 0.6 is 0 Å². The van der Waals surface area contributed by atoms with E-state index in [9.17, 15) is 5.26 Å². The fraction of sp³-hybridized carbons (Fsp3) is 0. The molecule has 0 bridgehead atoms. The fourth-order valence-corrected chi connectivity index (χ4v) is 8.78. The Bertz CT molecular complexity index is 3250. The summed E-state index contributed by atoms with van der Waals surface area (Å²) >= 11 is 0. The summed E-state index contributed by atoms with van der Waals surface area (Å²) in [6.07, 6.45) is 0. The maximum absolute atomic E-state index is 11.3. The molecule has 0 saturated heterocycles. The molecule has 0 spiro atoms. The average molecular weight is 659 g/mol. The number of rotatable bonds is 2. The van der Waals surface area contributed by atoms with Crippen molar-refractivity contribution >= 4 is 92.4 Å². The molecule has 0 atom stereocenters. The van der Waals surface area contributed by atoms with E-state index in [1.165, 1.54) is 0 Å². The van der Waals surface area contributed by atoms with Gasteiger partial charge in [-0.3, -0.25) is 0 Å². The third-order valence-corrected chi connectivity index (χ3v) is 10.9. The van der Waals surface area contributed by atoms with E-state index in [4.69, 9.17) is 6.57 Å². The Morgan fingerprint density at radius 2 is 0.788 bits per heavy atom. The zero-order chi connectivity index (χ0) is 34.5. The lowest BCUT2D eigenvalue weighted by Gasteiger charge is -2.17. The Kier molecular flexibility index (Phi) is 5.77. The molecule has 0 aliphatic carbocycles. The highest BCUT2D eigenvalue weighted by molar-refractivity contribution is 6.30. The van der Waals surface area contributed by atoms with E-state index in [2.05, 4.69) is 166 Å². The van der Waals surface area contributed by atoms with E-state index in [1.807, 2.05) is 12.1 Å². The largest absolute Gasteiger partial charge is 0.318 e. The number of nitrogens with zero attached hydrogens (tertiary/aromatic N) is 4. The molecule has 2 heterocycles. The molecule has 0 unspecified atom stereocenters. The van der Waals surface area contributed by atoms with Crippen molar-refractivity contribution in [1.29, 1.82) is 5.26 Å². The molecular formula is C48H26N4. The molecule has 11 rings (SSSR count). The van der Waals surface area contributed by atoms with Gasteiger partial charge >= 0.3 is 0 Å². The molecule has 0 N–H and O–H groups in total. The lowest BCUT2D eigenvalue weighted by molar-refractivity contribution is 1.12. The van der Waals surface area contributed by atoms with Crippen LogP contribution in [0.3, 0.4) is 0 Å². The number of aromatic nitrogens is 2. The molecule has 238 valence electrons. The van der Waals surface area contributed by atoms with Gasteiger partial charge < -0.3 is 9.13 Å². The lowest BCUT2D eigenvalue weighted by Crippen LogP contribution is -2.04. The third kappa shape index (κ3) is 3.68. The fourth-order valence-electron chi connectivity index (χ4n) is 8.78. The summed E-state index contributed by atoms with van der Waals surface area (Å²) in [5, 5.41) is 25.1. The Morgan fingerprint density at radius 3 is 1.15 bits per heavy atom. The SMILES string of the molecule is [C-]#[N+]c1ccc(-n2c3ccc4ccccc4c3c3c4ccccc4ccc32)c(C#N)c1-n1c2ccc3ccccc3c2c2c3ccccc3ccc21. The van der Waals surface area contributed by atoms with Crippen molar-refractivity contribution < 1.29 is 0 Å². The molecule has 9 aromatic carbocycles. The molecule has 0 saturated carbocycles. The molecule has 4 nitrogen and oxygen atoms in total. The Morgan fingerprint density at radius 1 is 0.423 bits per heavy atom. The van der Waals surface area contributed by atoms with E-state index in [0.29, 0.717) is 16.9 Å². The standard InChI is InChI=1S/C48H26N4/c1-50-38-22-27-39(51-40-23-18-29-10-2-6-14-33(29)44(40)45-34-15-7-3-11-30(34)19-24-41(45)51)37(28-49)48(38)52-42-25-20-31-12-4-8-16-35(31)46(42)47-36-17-9-5-13-32(36)21-26-43(47)52/h2-27H. The van der Waals surface area contributed by atoms with E-state index in [-0.39, 0.29) is 0 Å². The van der Waals surface area contributed by atoms with Crippen molar-refractivity contribution in [2.75, 3.05) is 0 Å². The number of hydrogen-bond acceptors (Lipinski definition) is 1. The van der Waals surface area contributed by atoms with Crippen LogP contribution in [0.5, 0.6) is 0 Å². The maximum Gasteiger partial charge on any atom is 0.212 e. The Hall–Kier alpha value is -7.40. The number of benzene rings is 9. The monoisotopic (exact) mass is 658 g/mol. The Labute approximate surface area is 298 Å². The quantitative estimate of drug-likeness (QED) is 0.170. The van der Waals surface area contributed by atoms with E-state index in [0.717, 1.165) is 92.4 Å². The zero-order valence-electron chi connectivity index (χ0n) is 27.8. The highest BCUT2D eigenvalue weighted by Gasteiger charge is 2.25. The average Bonchev–Trinajstić information content (AvgIpc) is 3.74. The molecule has 11 aromatic rings. The van der Waals surface area contributed by atoms with Crippen molar-refractivity contribution in [3.05, 3.63) is 175 Å². The summed E-state index contributed by atoms with van der Waals surface area (Å²) in [6, 6.07) is 57.7. The first-order valence-corrected chi connectivity index (χ1v) is 17.4. The van der Waals surface area contributed by atoms with Gasteiger partial charge in [-0.25, -0.2) is 4.85 Å². The number of nitriles is 1. The summed E-state index contributed by atoms with van der Waals surface area (Å²) in [7, 11) is 0. The number of fused-ring (bicyclic) bond motifs is 14. The highest BCUT2D eigenvalue weighted by Crippen LogP contribution is 2.46. The third-order valence-electron chi connectivity index (χ3n) is 10.9. The lowest BCUT2D eigenvalue weighted by atomic mass is 10.00. The second-order valence-electron chi connectivity index (χ2n) is 13.4.